The first kappa shape index (κ1) is 14.6. The fraction of sp³-hybridized carbons (Fsp3) is 0.143. The number of hydrogen-bond acceptors (Lipinski definition) is 2. The number of sulfonamides is 1. The van der Waals surface area contributed by atoms with Crippen molar-refractivity contribution in [1.29, 1.82) is 0 Å². The second-order valence-corrected chi connectivity index (χ2v) is 6.12. The standard InChI is InChI=1S/C14H13F2NO2S/c1-10-2-4-11(5-3-10)9-17-20(18,19)14-8-12(15)6-7-13(14)16/h2-8,17H,9H2,1H3. The molecule has 2 rings (SSSR count). The SMILES string of the molecule is Cc1ccc(CNS(=O)(=O)c2cc(F)ccc2F)cc1. The lowest BCUT2D eigenvalue weighted by molar-refractivity contribution is 0.545. The molecular weight excluding hydrogens is 284 g/mol. The van der Waals surface area contributed by atoms with E-state index in [9.17, 15) is 17.2 Å². The van der Waals surface area contributed by atoms with Gasteiger partial charge in [-0.15, -0.1) is 0 Å². The molecule has 0 aliphatic carbocycles. The fourth-order valence-corrected chi connectivity index (χ4v) is 2.75. The molecule has 0 aliphatic heterocycles. The Kier molecular flexibility index (Phi) is 4.15. The Morgan fingerprint density at radius 3 is 2.35 bits per heavy atom. The predicted molar refractivity (Wildman–Crippen MR) is 71.6 cm³/mol. The molecule has 0 aliphatic rings. The average Bonchev–Trinajstić information content (AvgIpc) is 2.41. The average molecular weight is 297 g/mol. The number of halogens is 2. The van der Waals surface area contributed by atoms with Gasteiger partial charge in [-0.05, 0) is 30.7 Å². The van der Waals surface area contributed by atoms with Crippen LogP contribution in [0.1, 0.15) is 11.1 Å². The lowest BCUT2D eigenvalue weighted by Crippen LogP contribution is -2.24. The van der Waals surface area contributed by atoms with Crippen LogP contribution in [0.3, 0.4) is 0 Å². The molecule has 6 heteroatoms. The van der Waals surface area contributed by atoms with Crippen LogP contribution < -0.4 is 4.72 Å². The normalized spacial score (nSPS) is 11.6. The summed E-state index contributed by atoms with van der Waals surface area (Å²) in [5.41, 5.74) is 1.78. The molecule has 20 heavy (non-hydrogen) atoms. The maximum atomic E-state index is 13.5. The quantitative estimate of drug-likeness (QED) is 0.943. The van der Waals surface area contributed by atoms with Crippen molar-refractivity contribution in [2.75, 3.05) is 0 Å². The summed E-state index contributed by atoms with van der Waals surface area (Å²) in [6.07, 6.45) is 0. The van der Waals surface area contributed by atoms with Crippen molar-refractivity contribution in [2.45, 2.75) is 18.4 Å². The maximum absolute atomic E-state index is 13.5. The van der Waals surface area contributed by atoms with Crippen molar-refractivity contribution in [2.24, 2.45) is 0 Å². The van der Waals surface area contributed by atoms with Crippen LogP contribution >= 0.6 is 0 Å². The molecule has 0 fully saturated rings. The molecule has 1 N–H and O–H groups in total. The van der Waals surface area contributed by atoms with E-state index in [2.05, 4.69) is 4.72 Å². The topological polar surface area (TPSA) is 46.2 Å². The Balaban J connectivity index is 2.19. The lowest BCUT2D eigenvalue weighted by atomic mass is 10.2. The molecule has 0 unspecified atom stereocenters. The van der Waals surface area contributed by atoms with Crippen molar-refractivity contribution in [3.63, 3.8) is 0 Å². The van der Waals surface area contributed by atoms with Crippen LogP contribution in [-0.4, -0.2) is 8.42 Å². The maximum Gasteiger partial charge on any atom is 0.243 e. The minimum Gasteiger partial charge on any atom is -0.207 e. The second kappa shape index (κ2) is 5.68. The van der Waals surface area contributed by atoms with Gasteiger partial charge in [0.15, 0.2) is 0 Å². The number of nitrogens with one attached hydrogen (secondary N) is 1. The molecule has 0 spiro atoms. The third-order valence-corrected chi connectivity index (χ3v) is 4.19. The molecule has 3 nitrogen and oxygen atoms in total. The van der Waals surface area contributed by atoms with Gasteiger partial charge in [-0.25, -0.2) is 21.9 Å². The molecule has 0 aromatic heterocycles. The Bertz CT molecular complexity index is 712. The highest BCUT2D eigenvalue weighted by Gasteiger charge is 2.19. The number of hydrogen-bond donors (Lipinski definition) is 1. The van der Waals surface area contributed by atoms with Gasteiger partial charge in [-0.1, -0.05) is 29.8 Å². The van der Waals surface area contributed by atoms with Gasteiger partial charge in [-0.3, -0.25) is 0 Å². The van der Waals surface area contributed by atoms with Crippen LogP contribution in [0.5, 0.6) is 0 Å². The molecular formula is C14H13F2NO2S. The zero-order valence-corrected chi connectivity index (χ0v) is 11.5. The summed E-state index contributed by atoms with van der Waals surface area (Å²) in [7, 11) is -4.09. The van der Waals surface area contributed by atoms with Crippen molar-refractivity contribution in [3.8, 4) is 0 Å². The number of rotatable bonds is 4. The predicted octanol–water partition coefficient (Wildman–Crippen LogP) is 2.75. The fourth-order valence-electron chi connectivity index (χ4n) is 1.65. The Morgan fingerprint density at radius 1 is 1.05 bits per heavy atom. The van der Waals surface area contributed by atoms with Crippen LogP contribution in [0.15, 0.2) is 47.4 Å². The summed E-state index contributed by atoms with van der Waals surface area (Å²) in [6, 6.07) is 9.52. The van der Waals surface area contributed by atoms with Gasteiger partial charge in [0.05, 0.1) is 0 Å². The molecule has 2 aromatic carbocycles. The Morgan fingerprint density at radius 2 is 1.70 bits per heavy atom. The van der Waals surface area contributed by atoms with E-state index in [0.717, 1.165) is 23.3 Å². The Labute approximate surface area is 116 Å². The number of benzene rings is 2. The minimum absolute atomic E-state index is 0.0125. The molecule has 0 saturated heterocycles. The lowest BCUT2D eigenvalue weighted by Gasteiger charge is -2.08. The third kappa shape index (κ3) is 3.40. The molecule has 0 heterocycles. The highest BCUT2D eigenvalue weighted by molar-refractivity contribution is 7.89. The minimum atomic E-state index is -4.09. The summed E-state index contributed by atoms with van der Waals surface area (Å²) >= 11 is 0. The van der Waals surface area contributed by atoms with E-state index in [0.29, 0.717) is 6.07 Å². The van der Waals surface area contributed by atoms with E-state index < -0.39 is 26.6 Å². The highest BCUT2D eigenvalue weighted by Crippen LogP contribution is 2.16. The van der Waals surface area contributed by atoms with E-state index in [4.69, 9.17) is 0 Å². The van der Waals surface area contributed by atoms with E-state index in [-0.39, 0.29) is 6.54 Å². The summed E-state index contributed by atoms with van der Waals surface area (Å²) in [4.78, 5) is -0.690. The van der Waals surface area contributed by atoms with Crippen molar-refractivity contribution in [3.05, 3.63) is 65.2 Å². The zero-order chi connectivity index (χ0) is 14.8. The van der Waals surface area contributed by atoms with E-state index in [1.807, 2.05) is 19.1 Å². The van der Waals surface area contributed by atoms with Gasteiger partial charge in [0.25, 0.3) is 0 Å². The molecule has 0 atom stereocenters. The van der Waals surface area contributed by atoms with Crippen LogP contribution in [-0.2, 0) is 16.6 Å². The van der Waals surface area contributed by atoms with Crippen LogP contribution in [0.25, 0.3) is 0 Å². The van der Waals surface area contributed by atoms with Gasteiger partial charge >= 0.3 is 0 Å². The number of aryl methyl sites for hydroxylation is 1. The van der Waals surface area contributed by atoms with E-state index in [1.54, 1.807) is 12.1 Å². The first-order valence-electron chi connectivity index (χ1n) is 5.89. The van der Waals surface area contributed by atoms with Gasteiger partial charge < -0.3 is 0 Å². The Hall–Kier alpha value is -1.79. The summed E-state index contributed by atoms with van der Waals surface area (Å²) in [6.45, 7) is 1.93. The van der Waals surface area contributed by atoms with Crippen LogP contribution in [0.4, 0.5) is 8.78 Å². The second-order valence-electron chi connectivity index (χ2n) is 4.38. The molecule has 0 radical (unpaired) electrons. The van der Waals surface area contributed by atoms with Gasteiger partial charge in [0, 0.05) is 6.54 Å². The summed E-state index contributed by atoms with van der Waals surface area (Å²) in [5, 5.41) is 0. The van der Waals surface area contributed by atoms with Gasteiger partial charge in [0.2, 0.25) is 10.0 Å². The van der Waals surface area contributed by atoms with E-state index >= 15 is 0 Å². The molecule has 106 valence electrons. The summed E-state index contributed by atoms with van der Waals surface area (Å²) < 4.78 is 52.6. The zero-order valence-electron chi connectivity index (χ0n) is 10.7. The smallest absolute Gasteiger partial charge is 0.207 e. The first-order valence-corrected chi connectivity index (χ1v) is 7.37. The molecule has 2 aromatic rings. The largest absolute Gasteiger partial charge is 0.243 e. The van der Waals surface area contributed by atoms with Crippen molar-refractivity contribution >= 4 is 10.0 Å². The van der Waals surface area contributed by atoms with Crippen molar-refractivity contribution in [1.82, 2.24) is 4.72 Å². The molecule has 0 saturated carbocycles. The van der Waals surface area contributed by atoms with Gasteiger partial charge in [0.1, 0.15) is 16.5 Å². The van der Waals surface area contributed by atoms with Crippen molar-refractivity contribution < 1.29 is 17.2 Å². The molecule has 0 bridgehead atoms. The summed E-state index contributed by atoms with van der Waals surface area (Å²) in [5.74, 6) is -1.79. The third-order valence-electron chi connectivity index (χ3n) is 2.77. The highest BCUT2D eigenvalue weighted by atomic mass is 32.2. The monoisotopic (exact) mass is 297 g/mol. The molecule has 0 amide bonds. The van der Waals surface area contributed by atoms with Gasteiger partial charge in [-0.2, -0.15) is 0 Å². The first-order chi connectivity index (χ1) is 9.38. The van der Waals surface area contributed by atoms with Crippen LogP contribution in [0.2, 0.25) is 0 Å². The van der Waals surface area contributed by atoms with Crippen LogP contribution in [0, 0.1) is 18.6 Å². The van der Waals surface area contributed by atoms with E-state index in [1.165, 1.54) is 0 Å².